The topological polar surface area (TPSA) is 98.7 Å². The van der Waals surface area contributed by atoms with Gasteiger partial charge in [-0.2, -0.15) is 5.10 Å². The monoisotopic (exact) mass is 478 g/mol. The average molecular weight is 479 g/mol. The number of benzene rings is 3. The molecule has 3 N–H and O–H groups in total. The fourth-order valence-corrected chi connectivity index (χ4v) is 3.66. The van der Waals surface area contributed by atoms with E-state index in [0.717, 1.165) is 10.9 Å². The molecule has 0 spiro atoms. The number of aromatic nitrogens is 1. The molecular weight excluding hydrogens is 459 g/mol. The van der Waals surface area contributed by atoms with Gasteiger partial charge in [0.05, 0.1) is 11.8 Å². The maximum Gasteiger partial charge on any atom is 0.275 e. The number of primary amides is 1. The van der Waals surface area contributed by atoms with Crippen molar-refractivity contribution < 1.29 is 18.7 Å². The number of hydrogen-bond donors (Lipinski definition) is 2. The second-order valence-electron chi connectivity index (χ2n) is 7.45. The minimum absolute atomic E-state index is 0.0231. The van der Waals surface area contributed by atoms with Gasteiger partial charge in [-0.15, -0.1) is 0 Å². The van der Waals surface area contributed by atoms with Crippen LogP contribution in [0.3, 0.4) is 0 Å². The number of hydrazone groups is 1. The molecule has 2 amide bonds. The summed E-state index contributed by atoms with van der Waals surface area (Å²) in [5.41, 5.74) is 10.1. The molecule has 4 rings (SSSR count). The Kier molecular flexibility index (Phi) is 6.89. The average Bonchev–Trinajstić information content (AvgIpc) is 3.15. The van der Waals surface area contributed by atoms with Gasteiger partial charge in [-0.05, 0) is 42.0 Å². The van der Waals surface area contributed by atoms with Crippen molar-refractivity contribution in [2.75, 3.05) is 0 Å². The van der Waals surface area contributed by atoms with Gasteiger partial charge < -0.3 is 15.0 Å². The summed E-state index contributed by atoms with van der Waals surface area (Å²) in [6.07, 6.45) is 3.22. The molecule has 7 nitrogen and oxygen atoms in total. The molecule has 1 aromatic heterocycles. The summed E-state index contributed by atoms with van der Waals surface area (Å²) < 4.78 is 20.9. The number of rotatable bonds is 8. The molecule has 0 saturated carbocycles. The highest BCUT2D eigenvalue weighted by atomic mass is 35.5. The lowest BCUT2D eigenvalue weighted by atomic mass is 10.2. The number of carbonyl (C=O) groups is 2. The van der Waals surface area contributed by atoms with Crippen LogP contribution in [0.4, 0.5) is 4.39 Å². The first-order chi connectivity index (χ1) is 16.4. The van der Waals surface area contributed by atoms with Crippen LogP contribution >= 0.6 is 11.6 Å². The van der Waals surface area contributed by atoms with Gasteiger partial charge in [0, 0.05) is 27.7 Å². The van der Waals surface area contributed by atoms with Gasteiger partial charge in [0.2, 0.25) is 5.91 Å². The van der Waals surface area contributed by atoms with Crippen molar-refractivity contribution in [3.63, 3.8) is 0 Å². The Morgan fingerprint density at radius 3 is 2.74 bits per heavy atom. The molecule has 0 radical (unpaired) electrons. The molecule has 0 saturated heterocycles. The van der Waals surface area contributed by atoms with Gasteiger partial charge in [0.25, 0.3) is 5.91 Å². The highest BCUT2D eigenvalue weighted by Crippen LogP contribution is 2.24. The third-order valence-corrected chi connectivity index (χ3v) is 5.22. The molecule has 9 heteroatoms. The molecule has 0 atom stereocenters. The zero-order valence-electron chi connectivity index (χ0n) is 17.9. The number of hydrogen-bond acceptors (Lipinski definition) is 4. The van der Waals surface area contributed by atoms with E-state index in [2.05, 4.69) is 10.5 Å². The van der Waals surface area contributed by atoms with Gasteiger partial charge in [0.1, 0.15) is 24.7 Å². The number of amides is 2. The Hall–Kier alpha value is -4.17. The third kappa shape index (κ3) is 5.41. The first kappa shape index (κ1) is 23.0. The number of carbonyl (C=O) groups excluding carboxylic acids is 2. The lowest BCUT2D eigenvalue weighted by Gasteiger charge is -2.11. The van der Waals surface area contributed by atoms with Crippen molar-refractivity contribution >= 4 is 40.5 Å². The van der Waals surface area contributed by atoms with Crippen molar-refractivity contribution in [3.8, 4) is 5.75 Å². The lowest BCUT2D eigenvalue weighted by Crippen LogP contribution is -2.19. The summed E-state index contributed by atoms with van der Waals surface area (Å²) in [6, 6.07) is 18.1. The minimum atomic E-state index is -0.533. The number of nitrogens with two attached hydrogens (primary N) is 1. The van der Waals surface area contributed by atoms with Crippen LogP contribution in [-0.4, -0.2) is 22.6 Å². The van der Waals surface area contributed by atoms with E-state index in [1.807, 2.05) is 24.3 Å². The molecule has 0 aliphatic heterocycles. The molecule has 0 bridgehead atoms. The van der Waals surface area contributed by atoms with E-state index in [4.69, 9.17) is 22.1 Å². The summed E-state index contributed by atoms with van der Waals surface area (Å²) in [6.45, 7) is 0.0948. The lowest BCUT2D eigenvalue weighted by molar-refractivity contribution is -0.118. The van der Waals surface area contributed by atoms with Gasteiger partial charge in [-0.3, -0.25) is 9.59 Å². The van der Waals surface area contributed by atoms with E-state index in [1.54, 1.807) is 35.0 Å². The minimum Gasteiger partial charge on any atom is -0.488 e. The van der Waals surface area contributed by atoms with Crippen molar-refractivity contribution in [3.05, 3.63) is 100 Å². The summed E-state index contributed by atoms with van der Waals surface area (Å²) in [4.78, 5) is 24.2. The Bertz CT molecular complexity index is 1400. The molecule has 0 aliphatic rings. The van der Waals surface area contributed by atoms with Crippen molar-refractivity contribution in [2.45, 2.75) is 13.2 Å². The van der Waals surface area contributed by atoms with Crippen molar-refractivity contribution in [2.24, 2.45) is 10.8 Å². The van der Waals surface area contributed by atoms with E-state index in [9.17, 15) is 14.0 Å². The molecule has 0 fully saturated rings. The van der Waals surface area contributed by atoms with E-state index in [1.165, 1.54) is 24.4 Å². The number of nitrogens with zero attached hydrogens (tertiary/aromatic N) is 2. The van der Waals surface area contributed by atoms with E-state index < -0.39 is 11.8 Å². The largest absolute Gasteiger partial charge is 0.488 e. The van der Waals surface area contributed by atoms with Crippen LogP contribution in [0.15, 0.2) is 78.0 Å². The summed E-state index contributed by atoms with van der Waals surface area (Å²) in [5.74, 6) is -1.10. The normalized spacial score (nSPS) is 11.1. The van der Waals surface area contributed by atoms with Crippen LogP contribution in [0.1, 0.15) is 21.5 Å². The van der Waals surface area contributed by atoms with E-state index >= 15 is 0 Å². The number of halogens is 2. The number of para-hydroxylation sites is 1. The van der Waals surface area contributed by atoms with Crippen LogP contribution < -0.4 is 15.9 Å². The number of fused-ring (bicyclic) bond motifs is 1. The standard InChI is InChI=1S/C25H20ClFN4O3/c26-18-8-9-23(34-15-16-4-3-5-19(27)10-16)21(11-18)25(33)30-29-12-17-13-31(14-24(28)32)22-7-2-1-6-20(17)22/h1-13H,14-15H2,(H2,28,32)(H,30,33)/b29-12-. The quantitative estimate of drug-likeness (QED) is 0.292. The summed E-state index contributed by atoms with van der Waals surface area (Å²) in [5, 5.41) is 5.26. The Labute approximate surface area is 199 Å². The van der Waals surface area contributed by atoms with E-state index in [0.29, 0.717) is 16.1 Å². The first-order valence-electron chi connectivity index (χ1n) is 10.3. The van der Waals surface area contributed by atoms with Gasteiger partial charge in [0.15, 0.2) is 0 Å². The predicted octanol–water partition coefficient (Wildman–Crippen LogP) is 4.26. The van der Waals surface area contributed by atoms with Gasteiger partial charge in [-0.1, -0.05) is 41.9 Å². The van der Waals surface area contributed by atoms with Crippen LogP contribution in [0.25, 0.3) is 10.9 Å². The van der Waals surface area contributed by atoms with Crippen LogP contribution in [0.2, 0.25) is 5.02 Å². The highest BCUT2D eigenvalue weighted by molar-refractivity contribution is 6.31. The maximum absolute atomic E-state index is 13.4. The Balaban J connectivity index is 1.51. The smallest absolute Gasteiger partial charge is 0.275 e. The van der Waals surface area contributed by atoms with Crippen LogP contribution in [0, 0.1) is 5.82 Å². The van der Waals surface area contributed by atoms with Gasteiger partial charge >= 0.3 is 0 Å². The molecule has 3 aromatic carbocycles. The fourth-order valence-electron chi connectivity index (χ4n) is 3.49. The highest BCUT2D eigenvalue weighted by Gasteiger charge is 2.14. The Morgan fingerprint density at radius 2 is 1.94 bits per heavy atom. The maximum atomic E-state index is 13.4. The Morgan fingerprint density at radius 1 is 1.12 bits per heavy atom. The second kappa shape index (κ2) is 10.2. The molecule has 1 heterocycles. The van der Waals surface area contributed by atoms with Crippen molar-refractivity contribution in [1.29, 1.82) is 0 Å². The van der Waals surface area contributed by atoms with Crippen LogP contribution in [0.5, 0.6) is 5.75 Å². The van der Waals surface area contributed by atoms with Crippen LogP contribution in [-0.2, 0) is 17.9 Å². The molecule has 172 valence electrons. The first-order valence-corrected chi connectivity index (χ1v) is 10.6. The number of ether oxygens (including phenoxy) is 1. The van der Waals surface area contributed by atoms with Gasteiger partial charge in [-0.25, -0.2) is 9.82 Å². The summed E-state index contributed by atoms with van der Waals surface area (Å²) in [7, 11) is 0. The second-order valence-corrected chi connectivity index (χ2v) is 7.89. The van der Waals surface area contributed by atoms with E-state index in [-0.39, 0.29) is 30.3 Å². The molecule has 34 heavy (non-hydrogen) atoms. The zero-order valence-corrected chi connectivity index (χ0v) is 18.6. The summed E-state index contributed by atoms with van der Waals surface area (Å²) >= 11 is 6.07. The predicted molar refractivity (Wildman–Crippen MR) is 128 cm³/mol. The SMILES string of the molecule is NC(=O)Cn1cc(/C=N\NC(=O)c2cc(Cl)ccc2OCc2cccc(F)c2)c2ccccc21. The molecule has 4 aromatic rings. The third-order valence-electron chi connectivity index (χ3n) is 4.98. The number of nitrogens with one attached hydrogen (secondary N) is 1. The molecule has 0 aliphatic carbocycles. The molecular formula is C25H20ClFN4O3. The van der Waals surface area contributed by atoms with Crippen molar-refractivity contribution in [1.82, 2.24) is 9.99 Å². The molecule has 0 unspecified atom stereocenters. The fraction of sp³-hybridized carbons (Fsp3) is 0.0800. The zero-order chi connectivity index (χ0) is 24.1.